The Morgan fingerprint density at radius 2 is 1.97 bits per heavy atom. The number of hydrogen-bond acceptors (Lipinski definition) is 5. The number of rotatable bonds is 7. The Labute approximate surface area is 187 Å². The summed E-state index contributed by atoms with van der Waals surface area (Å²) in [4.78, 5) is 13.9. The van der Waals surface area contributed by atoms with Crippen molar-refractivity contribution < 1.29 is 22.8 Å². The lowest BCUT2D eigenvalue weighted by atomic mass is 10.1. The average Bonchev–Trinajstić information content (AvgIpc) is 2.97. The molecule has 1 atom stereocenters. The lowest BCUT2D eigenvalue weighted by Crippen LogP contribution is -2.27. The molecule has 0 amide bonds. The highest BCUT2D eigenvalue weighted by Crippen LogP contribution is 2.27. The molecule has 0 saturated heterocycles. The van der Waals surface area contributed by atoms with Crippen LogP contribution in [0.3, 0.4) is 0 Å². The number of halogens is 2. The topological polar surface area (TPSA) is 81.4 Å². The van der Waals surface area contributed by atoms with Gasteiger partial charge in [0.2, 0.25) is 0 Å². The summed E-state index contributed by atoms with van der Waals surface area (Å²) in [6, 6.07) is 3.03. The lowest BCUT2D eigenvalue weighted by Gasteiger charge is -2.18. The van der Waals surface area contributed by atoms with E-state index in [0.29, 0.717) is 22.5 Å². The number of benzene rings is 1. The first kappa shape index (κ1) is 23.7. The highest BCUT2D eigenvalue weighted by atomic mass is 32.2. The summed E-state index contributed by atoms with van der Waals surface area (Å²) in [6.45, 7) is 3.29. The van der Waals surface area contributed by atoms with Crippen LogP contribution in [0.1, 0.15) is 32.3 Å². The number of nitrogens with zero attached hydrogens (tertiary/aromatic N) is 2. The van der Waals surface area contributed by atoms with Gasteiger partial charge in [0.05, 0.1) is 24.1 Å². The van der Waals surface area contributed by atoms with Crippen LogP contribution in [0, 0.1) is 11.6 Å². The fourth-order valence-electron chi connectivity index (χ4n) is 3.01. The largest absolute Gasteiger partial charge is 0.487 e. The molecule has 170 valence electrons. The molecule has 9 heteroatoms. The summed E-state index contributed by atoms with van der Waals surface area (Å²) in [5.41, 5.74) is -0.574. The first-order valence-electron chi connectivity index (χ1n) is 9.92. The summed E-state index contributed by atoms with van der Waals surface area (Å²) in [7, 11) is -1.16. The second kappa shape index (κ2) is 9.70. The molecule has 32 heavy (non-hydrogen) atoms. The number of aliphatic hydroxyl groups is 1. The molecule has 1 aliphatic rings. The molecular formula is C23H24F2N2O4S. The molecule has 1 aromatic heterocycles. The zero-order valence-electron chi connectivity index (χ0n) is 18.0. The second-order valence-electron chi connectivity index (χ2n) is 7.90. The van der Waals surface area contributed by atoms with Crippen LogP contribution in [-0.2, 0) is 10.8 Å². The van der Waals surface area contributed by atoms with Gasteiger partial charge in [-0.2, -0.15) is 9.78 Å². The minimum atomic E-state index is -1.16. The molecular weight excluding hydrogens is 438 g/mol. The van der Waals surface area contributed by atoms with Gasteiger partial charge in [0.15, 0.2) is 17.4 Å². The van der Waals surface area contributed by atoms with Crippen LogP contribution in [0.5, 0.6) is 5.75 Å². The van der Waals surface area contributed by atoms with Crippen molar-refractivity contribution >= 4 is 16.4 Å². The third kappa shape index (κ3) is 5.66. The molecule has 0 spiro atoms. The van der Waals surface area contributed by atoms with Crippen LogP contribution < -0.4 is 10.3 Å². The number of aromatic nitrogens is 2. The maximum absolute atomic E-state index is 13.7. The Bertz CT molecular complexity index is 1190. The summed E-state index contributed by atoms with van der Waals surface area (Å²) < 4.78 is 45.6. The summed E-state index contributed by atoms with van der Waals surface area (Å²) in [5, 5.41) is 14.1. The fraction of sp³-hybridized carbons (Fsp3) is 0.304. The molecule has 1 N–H and O–H groups in total. The van der Waals surface area contributed by atoms with Crippen LogP contribution in [0.4, 0.5) is 8.78 Å². The van der Waals surface area contributed by atoms with Crippen molar-refractivity contribution in [3.05, 3.63) is 81.2 Å². The summed E-state index contributed by atoms with van der Waals surface area (Å²) in [6.07, 6.45) is 10.8. The molecule has 6 nitrogen and oxygen atoms in total. The molecule has 1 unspecified atom stereocenters. The van der Waals surface area contributed by atoms with Crippen LogP contribution in [0.25, 0.3) is 11.3 Å². The Kier molecular flexibility index (Phi) is 7.20. The van der Waals surface area contributed by atoms with Crippen LogP contribution >= 0.6 is 0 Å². The smallest absolute Gasteiger partial charge is 0.314 e. The van der Waals surface area contributed by atoms with E-state index in [1.807, 2.05) is 12.2 Å². The van der Waals surface area contributed by atoms with E-state index in [9.17, 15) is 22.9 Å². The zero-order valence-corrected chi connectivity index (χ0v) is 18.8. The van der Waals surface area contributed by atoms with Gasteiger partial charge in [-0.15, -0.1) is 0 Å². The summed E-state index contributed by atoms with van der Waals surface area (Å²) >= 11 is 0. The van der Waals surface area contributed by atoms with E-state index in [4.69, 9.17) is 4.74 Å². The first-order chi connectivity index (χ1) is 15.1. The monoisotopic (exact) mass is 462 g/mol. The van der Waals surface area contributed by atoms with Gasteiger partial charge in [-0.25, -0.2) is 8.78 Å². The molecule has 2 aromatic rings. The third-order valence-electron chi connectivity index (χ3n) is 4.77. The molecule has 0 fully saturated rings. The molecule has 0 saturated carbocycles. The Morgan fingerprint density at radius 1 is 1.22 bits per heavy atom. The van der Waals surface area contributed by atoms with Gasteiger partial charge in [-0.05, 0) is 44.1 Å². The van der Waals surface area contributed by atoms with Gasteiger partial charge in [-0.3, -0.25) is 9.00 Å². The van der Waals surface area contributed by atoms with Crippen LogP contribution in [0.2, 0.25) is 0 Å². The van der Waals surface area contributed by atoms with Crippen molar-refractivity contribution in [2.45, 2.75) is 32.3 Å². The number of ether oxygens (including phenoxy) is 1. The molecule has 0 bridgehead atoms. The van der Waals surface area contributed by atoms with Crippen molar-refractivity contribution in [2.24, 2.45) is 0 Å². The third-order valence-corrected chi connectivity index (χ3v) is 5.74. The van der Waals surface area contributed by atoms with E-state index in [1.54, 1.807) is 32.3 Å². The highest BCUT2D eigenvalue weighted by Gasteiger charge is 2.20. The Hall–Kier alpha value is -2.91. The van der Waals surface area contributed by atoms with Crippen molar-refractivity contribution in [2.75, 3.05) is 12.9 Å². The Balaban J connectivity index is 2.06. The van der Waals surface area contributed by atoms with E-state index in [0.717, 1.165) is 16.8 Å². The fourth-order valence-corrected chi connectivity index (χ4v) is 3.60. The van der Waals surface area contributed by atoms with Gasteiger partial charge in [0.1, 0.15) is 0 Å². The number of hydrogen-bond donors (Lipinski definition) is 1. The van der Waals surface area contributed by atoms with E-state index in [-0.39, 0.29) is 24.5 Å². The molecule has 0 aliphatic heterocycles. The molecule has 3 rings (SSSR count). The summed E-state index contributed by atoms with van der Waals surface area (Å²) in [5.74, 6) is -2.18. The van der Waals surface area contributed by atoms with Gasteiger partial charge >= 0.3 is 5.56 Å². The van der Waals surface area contributed by atoms with Gasteiger partial charge in [0.25, 0.3) is 0 Å². The maximum atomic E-state index is 13.7. The minimum Gasteiger partial charge on any atom is -0.487 e. The van der Waals surface area contributed by atoms with E-state index in [1.165, 1.54) is 12.3 Å². The van der Waals surface area contributed by atoms with Crippen LogP contribution in [-0.4, -0.2) is 37.6 Å². The van der Waals surface area contributed by atoms with Crippen molar-refractivity contribution in [3.63, 3.8) is 0 Å². The van der Waals surface area contributed by atoms with Gasteiger partial charge in [0, 0.05) is 40.0 Å². The van der Waals surface area contributed by atoms with Crippen molar-refractivity contribution in [3.8, 4) is 11.4 Å². The normalized spacial score (nSPS) is 15.1. The SMILES string of the molecule is CS(=O)C1=CCC=C(c2cnn(-c3ccc(F)c(F)c3)c(=O)c2OCCC(C)(C)O)C=C1. The quantitative estimate of drug-likeness (QED) is 0.679. The zero-order chi connectivity index (χ0) is 23.5. The molecule has 1 heterocycles. The predicted molar refractivity (Wildman–Crippen MR) is 120 cm³/mol. The lowest BCUT2D eigenvalue weighted by molar-refractivity contribution is 0.0550. The van der Waals surface area contributed by atoms with Crippen molar-refractivity contribution in [1.29, 1.82) is 0 Å². The van der Waals surface area contributed by atoms with E-state index < -0.39 is 33.6 Å². The van der Waals surface area contributed by atoms with Gasteiger partial charge < -0.3 is 9.84 Å². The maximum Gasteiger partial charge on any atom is 0.314 e. The number of allylic oxidation sites excluding steroid dienone is 5. The van der Waals surface area contributed by atoms with E-state index in [2.05, 4.69) is 5.10 Å². The molecule has 1 aliphatic carbocycles. The van der Waals surface area contributed by atoms with Gasteiger partial charge in [-0.1, -0.05) is 18.2 Å². The molecule has 1 aromatic carbocycles. The van der Waals surface area contributed by atoms with Crippen molar-refractivity contribution in [1.82, 2.24) is 9.78 Å². The standard InChI is InChI=1S/C23H24F2N2O4S/c1-23(2,29)11-12-31-21-18(15-5-4-6-17(9-7-15)32(3)30)14-26-27(22(21)28)16-8-10-19(24)20(25)13-16/h5-10,13-14,29H,4,11-12H2,1-3H3. The predicted octanol–water partition coefficient (Wildman–Crippen LogP) is 3.66. The van der Waals surface area contributed by atoms with Crippen LogP contribution in [0.15, 0.2) is 58.4 Å². The highest BCUT2D eigenvalue weighted by molar-refractivity contribution is 7.88. The Morgan fingerprint density at radius 3 is 2.62 bits per heavy atom. The minimum absolute atomic E-state index is 0.0362. The first-order valence-corrected chi connectivity index (χ1v) is 11.5. The average molecular weight is 463 g/mol. The van der Waals surface area contributed by atoms with E-state index >= 15 is 0 Å². The molecule has 0 radical (unpaired) electrons. The second-order valence-corrected chi connectivity index (χ2v) is 9.28.